The lowest BCUT2D eigenvalue weighted by Crippen LogP contribution is -2.48. The van der Waals surface area contributed by atoms with Crippen molar-refractivity contribution in [3.8, 4) is 0 Å². The smallest absolute Gasteiger partial charge is 0.338 e. The van der Waals surface area contributed by atoms with Gasteiger partial charge in [-0.05, 0) is 42.8 Å². The molecule has 0 saturated carbocycles. The summed E-state index contributed by atoms with van der Waals surface area (Å²) < 4.78 is 5.29. The summed E-state index contributed by atoms with van der Waals surface area (Å²) in [6.45, 7) is 2.13. The highest BCUT2D eigenvalue weighted by Gasteiger charge is 2.34. The summed E-state index contributed by atoms with van der Waals surface area (Å²) in [5.41, 5.74) is 2.68. The van der Waals surface area contributed by atoms with E-state index in [1.807, 2.05) is 18.0 Å². The van der Waals surface area contributed by atoms with Crippen molar-refractivity contribution in [2.75, 3.05) is 32.1 Å². The van der Waals surface area contributed by atoms with Crippen LogP contribution in [0.4, 0.5) is 10.5 Å². The van der Waals surface area contributed by atoms with Crippen LogP contribution >= 0.6 is 11.6 Å². The van der Waals surface area contributed by atoms with E-state index in [4.69, 9.17) is 16.3 Å². The predicted octanol–water partition coefficient (Wildman–Crippen LogP) is 3.01. The van der Waals surface area contributed by atoms with Crippen molar-refractivity contribution in [3.05, 3.63) is 76.0 Å². The molecule has 1 atom stereocenters. The van der Waals surface area contributed by atoms with Crippen LogP contribution < -0.4 is 20.9 Å². The van der Waals surface area contributed by atoms with E-state index in [9.17, 15) is 14.4 Å². The van der Waals surface area contributed by atoms with E-state index < -0.39 is 18.0 Å². The minimum atomic E-state index is -0.694. The maximum absolute atomic E-state index is 12.9. The number of nitrogens with zero attached hydrogens (tertiary/aromatic N) is 1. The minimum absolute atomic E-state index is 0.195. The second kappa shape index (κ2) is 10.2. The van der Waals surface area contributed by atoms with Crippen LogP contribution in [0, 0.1) is 0 Å². The third-order valence-corrected chi connectivity index (χ3v) is 5.28. The topological polar surface area (TPSA) is 99.8 Å². The van der Waals surface area contributed by atoms with E-state index in [0.29, 0.717) is 27.4 Å². The maximum Gasteiger partial charge on any atom is 0.338 e. The number of hydrogen-bond donors (Lipinski definition) is 3. The molecule has 3 amide bonds. The highest BCUT2D eigenvalue weighted by Crippen LogP contribution is 2.29. The number of amides is 3. The number of hydrogen-bond acceptors (Lipinski definition) is 5. The Morgan fingerprint density at radius 3 is 2.56 bits per heavy atom. The SMILES string of the molecule is CCOC(=O)C1=C(CN(C)c2cccc(C(=O)NC)c2)NC(=O)NC1c1ccc(Cl)cc1. The van der Waals surface area contributed by atoms with Gasteiger partial charge in [-0.3, -0.25) is 4.79 Å². The van der Waals surface area contributed by atoms with Crippen molar-refractivity contribution in [1.82, 2.24) is 16.0 Å². The van der Waals surface area contributed by atoms with Crippen molar-refractivity contribution < 1.29 is 19.1 Å². The molecule has 0 aromatic heterocycles. The Labute approximate surface area is 191 Å². The van der Waals surface area contributed by atoms with Crippen molar-refractivity contribution in [3.63, 3.8) is 0 Å². The molecule has 32 heavy (non-hydrogen) atoms. The Hall–Kier alpha value is -3.52. The molecule has 2 aromatic carbocycles. The third kappa shape index (κ3) is 5.20. The lowest BCUT2D eigenvalue weighted by Gasteiger charge is -2.31. The number of anilines is 1. The Bertz CT molecular complexity index is 1050. The molecule has 3 N–H and O–H groups in total. The maximum atomic E-state index is 12.9. The van der Waals surface area contributed by atoms with Crippen LogP contribution in [0.5, 0.6) is 0 Å². The molecule has 0 aliphatic carbocycles. The van der Waals surface area contributed by atoms with Gasteiger partial charge in [0.05, 0.1) is 30.5 Å². The van der Waals surface area contributed by atoms with Gasteiger partial charge in [0, 0.05) is 30.4 Å². The molecule has 168 valence electrons. The molecule has 1 heterocycles. The highest BCUT2D eigenvalue weighted by molar-refractivity contribution is 6.30. The molecule has 0 bridgehead atoms. The average molecular weight is 457 g/mol. The second-order valence-electron chi connectivity index (χ2n) is 7.18. The number of carbonyl (C=O) groups is 3. The van der Waals surface area contributed by atoms with Gasteiger partial charge in [-0.1, -0.05) is 29.8 Å². The first-order valence-electron chi connectivity index (χ1n) is 10.1. The number of likely N-dealkylation sites (N-methyl/N-ethyl adjacent to an activating group) is 1. The number of urea groups is 1. The molecule has 3 rings (SSSR count). The summed E-state index contributed by atoms with van der Waals surface area (Å²) in [5, 5.41) is 8.68. The van der Waals surface area contributed by atoms with Gasteiger partial charge in [-0.15, -0.1) is 0 Å². The number of halogens is 1. The van der Waals surface area contributed by atoms with Crippen molar-refractivity contribution >= 4 is 35.2 Å². The fourth-order valence-electron chi connectivity index (χ4n) is 3.46. The average Bonchev–Trinajstić information content (AvgIpc) is 2.78. The van der Waals surface area contributed by atoms with Crippen molar-refractivity contribution in [1.29, 1.82) is 0 Å². The quantitative estimate of drug-likeness (QED) is 0.556. The van der Waals surface area contributed by atoms with E-state index in [0.717, 1.165) is 5.69 Å². The van der Waals surface area contributed by atoms with Crippen LogP contribution in [0.15, 0.2) is 59.8 Å². The van der Waals surface area contributed by atoms with Crippen LogP contribution in [-0.4, -0.2) is 45.2 Å². The summed E-state index contributed by atoms with van der Waals surface area (Å²) in [6.07, 6.45) is 0. The lowest BCUT2D eigenvalue weighted by atomic mass is 9.95. The molecule has 1 aliphatic heterocycles. The highest BCUT2D eigenvalue weighted by atomic mass is 35.5. The number of benzene rings is 2. The van der Waals surface area contributed by atoms with Gasteiger partial charge < -0.3 is 25.6 Å². The first-order valence-corrected chi connectivity index (χ1v) is 10.5. The Kier molecular flexibility index (Phi) is 7.37. The number of esters is 1. The van der Waals surface area contributed by atoms with Crippen LogP contribution in [0.25, 0.3) is 0 Å². The van der Waals surface area contributed by atoms with Gasteiger partial charge in [0.1, 0.15) is 0 Å². The minimum Gasteiger partial charge on any atom is -0.463 e. The molecule has 0 spiro atoms. The largest absolute Gasteiger partial charge is 0.463 e. The number of ether oxygens (including phenoxy) is 1. The molecular weight excluding hydrogens is 432 g/mol. The standard InChI is InChI=1S/C23H25ClN4O4/c1-4-32-22(30)19-18(13-28(3)17-7-5-6-15(12-17)21(29)25-2)26-23(31)27-20(19)14-8-10-16(24)11-9-14/h5-12,20H,4,13H2,1-3H3,(H,25,29)(H2,26,27,31). The fraction of sp³-hybridized carbons (Fsp3) is 0.261. The summed E-state index contributed by atoms with van der Waals surface area (Å²) in [4.78, 5) is 39.2. The van der Waals surface area contributed by atoms with Crippen molar-refractivity contribution in [2.45, 2.75) is 13.0 Å². The molecule has 0 radical (unpaired) electrons. The van der Waals surface area contributed by atoms with E-state index in [2.05, 4.69) is 16.0 Å². The van der Waals surface area contributed by atoms with Crippen LogP contribution in [0.3, 0.4) is 0 Å². The molecule has 9 heteroatoms. The first kappa shape index (κ1) is 23.1. The molecule has 0 fully saturated rings. The number of rotatable bonds is 7. The van der Waals surface area contributed by atoms with Gasteiger partial charge in [0.15, 0.2) is 0 Å². The predicted molar refractivity (Wildman–Crippen MR) is 123 cm³/mol. The molecule has 1 aliphatic rings. The van der Waals surface area contributed by atoms with E-state index in [-0.39, 0.29) is 19.1 Å². The zero-order valence-electron chi connectivity index (χ0n) is 18.1. The van der Waals surface area contributed by atoms with Crippen molar-refractivity contribution in [2.24, 2.45) is 0 Å². The zero-order chi connectivity index (χ0) is 23.3. The molecule has 8 nitrogen and oxygen atoms in total. The third-order valence-electron chi connectivity index (χ3n) is 5.02. The first-order chi connectivity index (χ1) is 15.3. The summed E-state index contributed by atoms with van der Waals surface area (Å²) in [6, 6.07) is 12.9. The molecule has 1 unspecified atom stereocenters. The van der Waals surface area contributed by atoms with E-state index in [1.54, 1.807) is 56.4 Å². The Morgan fingerprint density at radius 1 is 1.19 bits per heavy atom. The second-order valence-corrected chi connectivity index (χ2v) is 7.62. The van der Waals surface area contributed by atoms with Gasteiger partial charge in [0.2, 0.25) is 0 Å². The monoisotopic (exact) mass is 456 g/mol. The molecule has 0 saturated heterocycles. The van der Waals surface area contributed by atoms with Gasteiger partial charge in [-0.2, -0.15) is 0 Å². The van der Waals surface area contributed by atoms with Gasteiger partial charge >= 0.3 is 12.0 Å². The zero-order valence-corrected chi connectivity index (χ0v) is 18.8. The Morgan fingerprint density at radius 2 is 1.91 bits per heavy atom. The van der Waals surface area contributed by atoms with Crippen LogP contribution in [-0.2, 0) is 9.53 Å². The van der Waals surface area contributed by atoms with E-state index in [1.165, 1.54) is 0 Å². The normalized spacial score (nSPS) is 15.5. The Balaban J connectivity index is 2.00. The van der Waals surface area contributed by atoms with Gasteiger partial charge in [0.25, 0.3) is 5.91 Å². The molecular formula is C23H25ClN4O4. The summed E-state index contributed by atoms with van der Waals surface area (Å²) in [5.74, 6) is -0.730. The van der Waals surface area contributed by atoms with Gasteiger partial charge in [-0.25, -0.2) is 9.59 Å². The summed E-state index contributed by atoms with van der Waals surface area (Å²) >= 11 is 6.00. The summed E-state index contributed by atoms with van der Waals surface area (Å²) in [7, 11) is 3.38. The van der Waals surface area contributed by atoms with Crippen LogP contribution in [0.2, 0.25) is 5.02 Å². The van der Waals surface area contributed by atoms with Crippen LogP contribution in [0.1, 0.15) is 28.9 Å². The number of nitrogens with one attached hydrogen (secondary N) is 3. The molecule has 2 aromatic rings. The number of carbonyl (C=O) groups excluding carboxylic acids is 3. The lowest BCUT2D eigenvalue weighted by molar-refractivity contribution is -0.139. The van der Waals surface area contributed by atoms with E-state index >= 15 is 0 Å². The fourth-order valence-corrected chi connectivity index (χ4v) is 3.58.